The fourth-order valence-corrected chi connectivity index (χ4v) is 3.46. The number of fused-ring (bicyclic) bond motifs is 1. The van der Waals surface area contributed by atoms with Gasteiger partial charge in [-0.1, -0.05) is 37.3 Å². The van der Waals surface area contributed by atoms with Crippen LogP contribution in [0.25, 0.3) is 10.8 Å². The van der Waals surface area contributed by atoms with Gasteiger partial charge in [-0.05, 0) is 29.3 Å². The molecule has 2 aromatic rings. The number of carboxylic acid groups (broad SMARTS) is 1. The molecule has 0 saturated heterocycles. The molecule has 21 heavy (non-hydrogen) atoms. The lowest BCUT2D eigenvalue weighted by atomic mass is 10.1. The highest BCUT2D eigenvalue weighted by Crippen LogP contribution is 2.19. The van der Waals surface area contributed by atoms with Crippen LogP contribution in [0.3, 0.4) is 0 Å². The van der Waals surface area contributed by atoms with Crippen molar-refractivity contribution >= 4 is 26.8 Å². The van der Waals surface area contributed by atoms with Crippen LogP contribution in [-0.4, -0.2) is 25.5 Å². The molecule has 0 aliphatic heterocycles. The van der Waals surface area contributed by atoms with Crippen molar-refractivity contribution < 1.29 is 18.3 Å². The standard InChI is InChI=1S/C15H17NO4S/c1-2-13(10-15(17)18)16-21(19,20)14-8-7-11-5-3-4-6-12(11)9-14/h3-9,13,16H,2,10H2,1H3,(H,17,18). The molecule has 0 heterocycles. The molecule has 0 aromatic heterocycles. The van der Waals surface area contributed by atoms with Gasteiger partial charge in [-0.2, -0.15) is 0 Å². The first-order chi connectivity index (χ1) is 9.92. The summed E-state index contributed by atoms with van der Waals surface area (Å²) in [5, 5.41) is 10.6. The summed E-state index contributed by atoms with van der Waals surface area (Å²) >= 11 is 0. The van der Waals surface area contributed by atoms with Crippen molar-refractivity contribution in [1.29, 1.82) is 0 Å². The van der Waals surface area contributed by atoms with E-state index in [0.29, 0.717) is 6.42 Å². The predicted molar refractivity (Wildman–Crippen MR) is 80.6 cm³/mol. The lowest BCUT2D eigenvalue weighted by molar-refractivity contribution is -0.137. The van der Waals surface area contributed by atoms with Gasteiger partial charge in [0.2, 0.25) is 10.0 Å². The summed E-state index contributed by atoms with van der Waals surface area (Å²) in [7, 11) is -3.72. The molecular weight excluding hydrogens is 290 g/mol. The zero-order valence-corrected chi connectivity index (χ0v) is 12.4. The van der Waals surface area contributed by atoms with E-state index in [2.05, 4.69) is 4.72 Å². The van der Waals surface area contributed by atoms with Gasteiger partial charge in [0, 0.05) is 6.04 Å². The number of carbonyl (C=O) groups is 1. The largest absolute Gasteiger partial charge is 0.481 e. The molecular formula is C15H17NO4S. The maximum Gasteiger partial charge on any atom is 0.304 e. The second-order valence-corrected chi connectivity index (χ2v) is 6.55. The number of nitrogens with one attached hydrogen (secondary N) is 1. The molecule has 0 radical (unpaired) electrons. The molecule has 0 aliphatic rings. The summed E-state index contributed by atoms with van der Waals surface area (Å²) in [5.74, 6) is -1.02. The van der Waals surface area contributed by atoms with E-state index in [1.807, 2.05) is 24.3 Å². The van der Waals surface area contributed by atoms with Gasteiger partial charge >= 0.3 is 5.97 Å². The molecule has 2 rings (SSSR count). The third kappa shape index (κ3) is 3.80. The molecule has 0 spiro atoms. The minimum Gasteiger partial charge on any atom is -0.481 e. The fraction of sp³-hybridized carbons (Fsp3) is 0.267. The molecule has 2 N–H and O–H groups in total. The average molecular weight is 307 g/mol. The second kappa shape index (κ2) is 6.24. The number of rotatable bonds is 6. The first-order valence-electron chi connectivity index (χ1n) is 6.65. The molecule has 0 amide bonds. The second-order valence-electron chi connectivity index (χ2n) is 4.83. The minimum atomic E-state index is -3.72. The van der Waals surface area contributed by atoms with E-state index in [9.17, 15) is 13.2 Å². The van der Waals surface area contributed by atoms with Crippen LogP contribution in [0.1, 0.15) is 19.8 Å². The quantitative estimate of drug-likeness (QED) is 0.858. The van der Waals surface area contributed by atoms with Gasteiger partial charge in [-0.25, -0.2) is 13.1 Å². The van der Waals surface area contributed by atoms with E-state index in [1.165, 1.54) is 6.07 Å². The monoisotopic (exact) mass is 307 g/mol. The maximum absolute atomic E-state index is 12.3. The van der Waals surface area contributed by atoms with Crippen molar-refractivity contribution in [1.82, 2.24) is 4.72 Å². The van der Waals surface area contributed by atoms with Crippen LogP contribution in [0, 0.1) is 0 Å². The van der Waals surface area contributed by atoms with Gasteiger partial charge in [0.15, 0.2) is 0 Å². The summed E-state index contributed by atoms with van der Waals surface area (Å²) < 4.78 is 27.1. The average Bonchev–Trinajstić information content (AvgIpc) is 2.45. The van der Waals surface area contributed by atoms with Crippen LogP contribution >= 0.6 is 0 Å². The minimum absolute atomic E-state index is 0.144. The predicted octanol–water partition coefficient (Wildman–Crippen LogP) is 2.37. The van der Waals surface area contributed by atoms with Crippen molar-refractivity contribution in [3.05, 3.63) is 42.5 Å². The topological polar surface area (TPSA) is 83.5 Å². The van der Waals surface area contributed by atoms with E-state index in [4.69, 9.17) is 5.11 Å². The molecule has 1 unspecified atom stereocenters. The Morgan fingerprint density at radius 2 is 1.86 bits per heavy atom. The van der Waals surface area contributed by atoms with Crippen LogP contribution in [0.2, 0.25) is 0 Å². The maximum atomic E-state index is 12.3. The molecule has 5 nitrogen and oxygen atoms in total. The van der Waals surface area contributed by atoms with Crippen LogP contribution in [0.5, 0.6) is 0 Å². The van der Waals surface area contributed by atoms with E-state index in [0.717, 1.165) is 10.8 Å². The number of benzene rings is 2. The Labute approximate surface area is 123 Å². The number of aliphatic carboxylic acids is 1. The van der Waals surface area contributed by atoms with E-state index >= 15 is 0 Å². The normalized spacial score (nSPS) is 13.2. The Kier molecular flexibility index (Phi) is 4.59. The summed E-state index contributed by atoms with van der Waals surface area (Å²) in [4.78, 5) is 10.9. The van der Waals surface area contributed by atoms with Crippen LogP contribution < -0.4 is 4.72 Å². The van der Waals surface area contributed by atoms with Gasteiger partial charge < -0.3 is 5.11 Å². The van der Waals surface area contributed by atoms with Gasteiger partial charge in [-0.15, -0.1) is 0 Å². The molecule has 1 atom stereocenters. The Hall–Kier alpha value is -1.92. The highest BCUT2D eigenvalue weighted by Gasteiger charge is 2.21. The molecule has 112 valence electrons. The first-order valence-corrected chi connectivity index (χ1v) is 8.13. The third-order valence-electron chi connectivity index (χ3n) is 3.27. The summed E-state index contributed by atoms with van der Waals surface area (Å²) in [6.07, 6.45) is 0.183. The lowest BCUT2D eigenvalue weighted by Crippen LogP contribution is -2.36. The highest BCUT2D eigenvalue weighted by molar-refractivity contribution is 7.89. The summed E-state index contributed by atoms with van der Waals surface area (Å²) in [6, 6.07) is 11.7. The molecule has 2 aromatic carbocycles. The molecule has 6 heteroatoms. The molecule has 0 bridgehead atoms. The summed E-state index contributed by atoms with van der Waals surface area (Å²) in [5.41, 5.74) is 0. The van der Waals surface area contributed by atoms with E-state index in [1.54, 1.807) is 19.1 Å². The lowest BCUT2D eigenvalue weighted by Gasteiger charge is -2.15. The molecule has 0 saturated carbocycles. The molecule has 0 fully saturated rings. The first kappa shape index (κ1) is 15.5. The van der Waals surface area contributed by atoms with Gasteiger partial charge in [0.25, 0.3) is 0 Å². The van der Waals surface area contributed by atoms with Crippen molar-refractivity contribution in [2.75, 3.05) is 0 Å². The van der Waals surface area contributed by atoms with Crippen molar-refractivity contribution in [3.63, 3.8) is 0 Å². The van der Waals surface area contributed by atoms with Crippen molar-refractivity contribution in [2.45, 2.75) is 30.7 Å². The number of sulfonamides is 1. The van der Waals surface area contributed by atoms with Crippen LogP contribution in [0.15, 0.2) is 47.4 Å². The summed E-state index contributed by atoms with van der Waals surface area (Å²) in [6.45, 7) is 1.75. The Morgan fingerprint density at radius 1 is 1.19 bits per heavy atom. The van der Waals surface area contributed by atoms with Gasteiger partial charge in [0.1, 0.15) is 0 Å². The number of carboxylic acids is 1. The zero-order chi connectivity index (χ0) is 15.5. The Balaban J connectivity index is 2.30. The fourth-order valence-electron chi connectivity index (χ4n) is 2.10. The smallest absolute Gasteiger partial charge is 0.304 e. The van der Waals surface area contributed by atoms with Crippen LogP contribution in [0.4, 0.5) is 0 Å². The van der Waals surface area contributed by atoms with E-state index in [-0.39, 0.29) is 11.3 Å². The molecule has 0 aliphatic carbocycles. The number of hydrogen-bond acceptors (Lipinski definition) is 3. The SMILES string of the molecule is CCC(CC(=O)O)NS(=O)(=O)c1ccc2ccccc2c1. The Bertz CT molecular complexity index is 755. The number of hydrogen-bond donors (Lipinski definition) is 2. The Morgan fingerprint density at radius 3 is 2.48 bits per heavy atom. The van der Waals surface area contributed by atoms with Crippen molar-refractivity contribution in [3.8, 4) is 0 Å². The third-order valence-corrected chi connectivity index (χ3v) is 4.79. The zero-order valence-electron chi connectivity index (χ0n) is 11.6. The van der Waals surface area contributed by atoms with E-state index < -0.39 is 22.0 Å². The van der Waals surface area contributed by atoms with Gasteiger partial charge in [0.05, 0.1) is 11.3 Å². The van der Waals surface area contributed by atoms with Crippen LogP contribution in [-0.2, 0) is 14.8 Å². The van der Waals surface area contributed by atoms with Gasteiger partial charge in [-0.3, -0.25) is 4.79 Å². The highest BCUT2D eigenvalue weighted by atomic mass is 32.2. The van der Waals surface area contributed by atoms with Crippen molar-refractivity contribution in [2.24, 2.45) is 0 Å².